The van der Waals surface area contributed by atoms with E-state index in [1.807, 2.05) is 26.5 Å². The summed E-state index contributed by atoms with van der Waals surface area (Å²) in [6.45, 7) is 19.3. The van der Waals surface area contributed by atoms with Crippen LogP contribution in [0.1, 0.15) is 98.8 Å². The number of hydrogen-bond donors (Lipinski definition) is 0. The van der Waals surface area contributed by atoms with Gasteiger partial charge in [0.05, 0.1) is 13.7 Å². The van der Waals surface area contributed by atoms with Crippen LogP contribution in [0.5, 0.6) is 0 Å². The molecule has 49 heavy (non-hydrogen) atoms. The summed E-state index contributed by atoms with van der Waals surface area (Å²) < 4.78 is 9.91. The first-order valence-corrected chi connectivity index (χ1v) is 19.2. The molecule has 2 saturated carbocycles. The molecule has 6 rings (SSSR count). The fourth-order valence-electron chi connectivity index (χ4n) is 10.3. The van der Waals surface area contributed by atoms with E-state index >= 15 is 0 Å². The number of ether oxygens (including phenoxy) is 2. The van der Waals surface area contributed by atoms with E-state index < -0.39 is 0 Å². The van der Waals surface area contributed by atoms with Crippen LogP contribution in [0.3, 0.4) is 0 Å². The third kappa shape index (κ3) is 8.48. The zero-order valence-corrected chi connectivity index (χ0v) is 31.3. The van der Waals surface area contributed by atoms with E-state index in [-0.39, 0.29) is 24.0 Å². The molecule has 6 fully saturated rings. The second-order valence-corrected chi connectivity index (χ2v) is 15.8. The van der Waals surface area contributed by atoms with Gasteiger partial charge in [0.1, 0.15) is 0 Å². The monoisotopic (exact) mass is 688 g/mol. The molecule has 2 unspecified atom stereocenters. The molecule has 4 amide bonds. The van der Waals surface area contributed by atoms with Gasteiger partial charge in [-0.1, -0.05) is 0 Å². The largest absolute Gasteiger partial charge is 0.453 e. The fourth-order valence-corrected chi connectivity index (χ4v) is 10.3. The number of piperidine rings is 2. The Morgan fingerprint density at radius 2 is 1.02 bits per heavy atom. The average Bonchev–Trinajstić information content (AvgIpc) is 3.71. The molecule has 4 saturated heterocycles. The van der Waals surface area contributed by atoms with E-state index in [2.05, 4.69) is 23.6 Å². The van der Waals surface area contributed by atoms with Gasteiger partial charge in [-0.25, -0.2) is 9.59 Å². The summed E-state index contributed by atoms with van der Waals surface area (Å²) in [5.74, 6) is 0.405. The standard InChI is InChI=1S/C19H33N3O3.C18H31N3O3/c1-4-22(15(3)23)16-7-10-20(11-8-16)17-6-9-19(12-17)13-21(14-19)18(24)25-5-2;1-4-21(14(2)22)15-6-9-19(10-7-15)16-5-8-18(11-16)12-20(13-18)17(23)24-3/h16-17H,4-14H2,1-3H3;15-16H,4-13H2,1-3H3. The van der Waals surface area contributed by atoms with Crippen LogP contribution in [0.15, 0.2) is 0 Å². The zero-order chi connectivity index (χ0) is 35.3. The zero-order valence-electron chi connectivity index (χ0n) is 31.3. The number of amides is 4. The number of hydrogen-bond acceptors (Lipinski definition) is 8. The summed E-state index contributed by atoms with van der Waals surface area (Å²) >= 11 is 0. The van der Waals surface area contributed by atoms with Gasteiger partial charge in [0, 0.05) is 114 Å². The van der Waals surface area contributed by atoms with Gasteiger partial charge in [0.25, 0.3) is 0 Å². The molecule has 6 aliphatic rings. The quantitative estimate of drug-likeness (QED) is 0.391. The van der Waals surface area contributed by atoms with Crippen molar-refractivity contribution in [1.29, 1.82) is 0 Å². The van der Waals surface area contributed by atoms with Crippen molar-refractivity contribution in [1.82, 2.24) is 29.4 Å². The molecule has 12 heteroatoms. The molecule has 0 aromatic carbocycles. The van der Waals surface area contributed by atoms with E-state index in [4.69, 9.17) is 9.47 Å². The minimum absolute atomic E-state index is 0.152. The van der Waals surface area contributed by atoms with E-state index in [0.29, 0.717) is 41.6 Å². The number of likely N-dealkylation sites (tertiary alicyclic amines) is 4. The molecule has 0 aromatic rings. The van der Waals surface area contributed by atoms with Gasteiger partial charge in [-0.15, -0.1) is 0 Å². The summed E-state index contributed by atoms with van der Waals surface area (Å²) in [6.07, 6.45) is 11.4. The number of methoxy groups -OCH3 is 1. The number of nitrogens with zero attached hydrogens (tertiary/aromatic N) is 6. The Labute approximate surface area is 294 Å². The molecule has 2 atom stereocenters. The van der Waals surface area contributed by atoms with Gasteiger partial charge < -0.3 is 38.9 Å². The van der Waals surface area contributed by atoms with Gasteiger partial charge in [-0.3, -0.25) is 9.59 Å². The van der Waals surface area contributed by atoms with Crippen molar-refractivity contribution in [2.45, 2.75) is 123 Å². The van der Waals surface area contributed by atoms with E-state index in [0.717, 1.165) is 91.1 Å². The molecule has 0 aromatic heterocycles. The summed E-state index contributed by atoms with van der Waals surface area (Å²) in [6, 6.07) is 2.13. The van der Waals surface area contributed by atoms with Crippen molar-refractivity contribution in [2.24, 2.45) is 10.8 Å². The Hall–Kier alpha value is -2.60. The molecule has 0 radical (unpaired) electrons. The Balaban J connectivity index is 0.000000191. The van der Waals surface area contributed by atoms with Crippen molar-refractivity contribution < 1.29 is 28.7 Å². The highest BCUT2D eigenvalue weighted by atomic mass is 16.6. The lowest BCUT2D eigenvalue weighted by molar-refractivity contribution is -0.132. The Morgan fingerprint density at radius 3 is 1.35 bits per heavy atom. The number of rotatable bonds is 7. The van der Waals surface area contributed by atoms with Crippen molar-refractivity contribution >= 4 is 24.0 Å². The predicted molar refractivity (Wildman–Crippen MR) is 188 cm³/mol. The molecule has 2 spiro atoms. The summed E-state index contributed by atoms with van der Waals surface area (Å²) in [4.78, 5) is 59.8. The van der Waals surface area contributed by atoms with E-state index in [9.17, 15) is 19.2 Å². The van der Waals surface area contributed by atoms with Crippen molar-refractivity contribution in [3.63, 3.8) is 0 Å². The molecule has 2 aliphatic carbocycles. The van der Waals surface area contributed by atoms with Crippen LogP contribution in [0, 0.1) is 10.8 Å². The lowest BCUT2D eigenvalue weighted by Gasteiger charge is -2.48. The normalized spacial score (nSPS) is 26.8. The highest BCUT2D eigenvalue weighted by Crippen LogP contribution is 2.48. The minimum Gasteiger partial charge on any atom is -0.453 e. The second kappa shape index (κ2) is 16.2. The molecule has 4 aliphatic heterocycles. The number of carbonyl (C=O) groups excluding carboxylic acids is 4. The highest BCUT2D eigenvalue weighted by Gasteiger charge is 2.52. The molecule has 12 nitrogen and oxygen atoms in total. The van der Waals surface area contributed by atoms with Crippen LogP contribution in [-0.4, -0.2) is 157 Å². The maximum absolute atomic E-state index is 11.8. The Kier molecular flexibility index (Phi) is 12.4. The lowest BCUT2D eigenvalue weighted by atomic mass is 9.78. The molecule has 4 heterocycles. The maximum Gasteiger partial charge on any atom is 0.409 e. The molecule has 0 bridgehead atoms. The molecule has 0 N–H and O–H groups in total. The maximum atomic E-state index is 11.8. The minimum atomic E-state index is -0.186. The molecular formula is C37H64N6O6. The number of carbonyl (C=O) groups is 4. The highest BCUT2D eigenvalue weighted by molar-refractivity contribution is 5.74. The van der Waals surface area contributed by atoms with Crippen LogP contribution in [0.25, 0.3) is 0 Å². The molecule has 278 valence electrons. The van der Waals surface area contributed by atoms with E-state index in [1.165, 1.54) is 45.6 Å². The fraction of sp³-hybridized carbons (Fsp3) is 0.892. The first-order chi connectivity index (χ1) is 23.5. The Morgan fingerprint density at radius 1 is 0.633 bits per heavy atom. The summed E-state index contributed by atoms with van der Waals surface area (Å²) in [5.41, 5.74) is 0.674. The van der Waals surface area contributed by atoms with Gasteiger partial charge in [0.15, 0.2) is 0 Å². The lowest BCUT2D eigenvalue weighted by Crippen LogP contribution is -2.58. The third-order valence-electron chi connectivity index (χ3n) is 12.8. The van der Waals surface area contributed by atoms with Gasteiger partial charge >= 0.3 is 12.2 Å². The summed E-state index contributed by atoms with van der Waals surface area (Å²) in [7, 11) is 1.45. The first-order valence-electron chi connectivity index (χ1n) is 19.2. The molecular weight excluding hydrogens is 624 g/mol. The van der Waals surface area contributed by atoms with Crippen LogP contribution < -0.4 is 0 Å². The van der Waals surface area contributed by atoms with Crippen molar-refractivity contribution in [3.8, 4) is 0 Å². The van der Waals surface area contributed by atoms with Crippen LogP contribution >= 0.6 is 0 Å². The first kappa shape index (κ1) is 37.7. The Bertz CT molecular complexity index is 1160. The summed E-state index contributed by atoms with van der Waals surface area (Å²) in [5, 5.41) is 0. The smallest absolute Gasteiger partial charge is 0.409 e. The van der Waals surface area contributed by atoms with Crippen LogP contribution in [-0.2, 0) is 19.1 Å². The van der Waals surface area contributed by atoms with Crippen LogP contribution in [0.4, 0.5) is 9.59 Å². The topological polar surface area (TPSA) is 106 Å². The SMILES string of the molecule is CCN(C(C)=O)C1CCN(C2CCC3(C2)CN(C(=O)OC)C3)CC1.CCOC(=O)N1CC2(CCC(N3CCC(N(CC)C(C)=O)CC3)C2)C1. The van der Waals surface area contributed by atoms with Crippen molar-refractivity contribution in [3.05, 3.63) is 0 Å². The van der Waals surface area contributed by atoms with Gasteiger partial charge in [0.2, 0.25) is 11.8 Å². The second-order valence-electron chi connectivity index (χ2n) is 15.8. The average molecular weight is 689 g/mol. The van der Waals surface area contributed by atoms with Crippen LogP contribution in [0.2, 0.25) is 0 Å². The van der Waals surface area contributed by atoms with Gasteiger partial charge in [-0.2, -0.15) is 0 Å². The van der Waals surface area contributed by atoms with E-state index in [1.54, 1.807) is 13.8 Å². The third-order valence-corrected chi connectivity index (χ3v) is 12.8. The van der Waals surface area contributed by atoms with Gasteiger partial charge in [-0.05, 0) is 85.0 Å². The van der Waals surface area contributed by atoms with Crippen molar-refractivity contribution in [2.75, 3.05) is 79.2 Å². The predicted octanol–water partition coefficient (Wildman–Crippen LogP) is 4.27.